The molecule has 1 atom stereocenters. The zero-order valence-corrected chi connectivity index (χ0v) is 12.5. The van der Waals surface area contributed by atoms with Gasteiger partial charge in [0.25, 0.3) is 0 Å². The van der Waals surface area contributed by atoms with Crippen molar-refractivity contribution < 1.29 is 4.39 Å². The summed E-state index contributed by atoms with van der Waals surface area (Å²) in [6, 6.07) is 12.9. The van der Waals surface area contributed by atoms with E-state index in [2.05, 4.69) is 25.2 Å². The fraction of sp³-hybridized carbons (Fsp3) is 0.294. The smallest absolute Gasteiger partial charge is 0.123 e. The second-order valence-corrected chi connectivity index (χ2v) is 5.38. The molecule has 3 heteroatoms. The molecular formula is C17H19ClFN. The third-order valence-corrected chi connectivity index (χ3v) is 3.65. The molecule has 1 unspecified atom stereocenters. The number of nitrogens with one attached hydrogen (secondary N) is 1. The largest absolute Gasteiger partial charge is 0.310 e. The van der Waals surface area contributed by atoms with E-state index in [4.69, 9.17) is 11.6 Å². The summed E-state index contributed by atoms with van der Waals surface area (Å²) in [6.07, 6.45) is 0.830. The van der Waals surface area contributed by atoms with Crippen LogP contribution >= 0.6 is 11.6 Å². The van der Waals surface area contributed by atoms with E-state index in [1.807, 2.05) is 24.3 Å². The Morgan fingerprint density at radius 1 is 1.15 bits per heavy atom. The lowest BCUT2D eigenvalue weighted by atomic mass is 9.95. The van der Waals surface area contributed by atoms with Crippen LogP contribution in [0.25, 0.3) is 0 Å². The lowest BCUT2D eigenvalue weighted by Gasteiger charge is -2.21. The molecule has 20 heavy (non-hydrogen) atoms. The van der Waals surface area contributed by atoms with E-state index < -0.39 is 0 Å². The summed E-state index contributed by atoms with van der Waals surface area (Å²) in [5, 5.41) is 4.24. The first-order chi connectivity index (χ1) is 9.60. The van der Waals surface area contributed by atoms with Gasteiger partial charge in [-0.15, -0.1) is 0 Å². The first-order valence-electron chi connectivity index (χ1n) is 6.84. The average molecular weight is 292 g/mol. The fourth-order valence-corrected chi connectivity index (χ4v) is 2.65. The van der Waals surface area contributed by atoms with Gasteiger partial charge in [-0.05, 0) is 60.8 Å². The van der Waals surface area contributed by atoms with Crippen molar-refractivity contribution in [3.63, 3.8) is 0 Å². The van der Waals surface area contributed by atoms with Crippen molar-refractivity contribution in [1.82, 2.24) is 5.32 Å². The van der Waals surface area contributed by atoms with Crippen LogP contribution in [0.4, 0.5) is 4.39 Å². The molecule has 2 aromatic carbocycles. The molecule has 0 amide bonds. The van der Waals surface area contributed by atoms with Crippen LogP contribution in [0.15, 0.2) is 42.5 Å². The lowest BCUT2D eigenvalue weighted by Crippen LogP contribution is -2.23. The highest BCUT2D eigenvalue weighted by atomic mass is 35.5. The summed E-state index contributed by atoms with van der Waals surface area (Å²) in [5.74, 6) is -0.198. The predicted molar refractivity (Wildman–Crippen MR) is 82.7 cm³/mol. The van der Waals surface area contributed by atoms with Gasteiger partial charge in [0.15, 0.2) is 0 Å². The van der Waals surface area contributed by atoms with Crippen molar-refractivity contribution in [1.29, 1.82) is 0 Å². The second kappa shape index (κ2) is 6.87. The fourth-order valence-electron chi connectivity index (χ4n) is 2.42. The quantitative estimate of drug-likeness (QED) is 0.843. The van der Waals surface area contributed by atoms with Crippen molar-refractivity contribution >= 4 is 11.6 Å². The van der Waals surface area contributed by atoms with E-state index in [1.165, 1.54) is 23.3 Å². The summed E-state index contributed by atoms with van der Waals surface area (Å²) in [7, 11) is 0. The van der Waals surface area contributed by atoms with Gasteiger partial charge in [0.2, 0.25) is 0 Å². The van der Waals surface area contributed by atoms with Crippen LogP contribution in [0.1, 0.15) is 29.7 Å². The van der Waals surface area contributed by atoms with Crippen molar-refractivity contribution in [3.8, 4) is 0 Å². The molecule has 106 valence electrons. The van der Waals surface area contributed by atoms with Crippen molar-refractivity contribution in [2.75, 3.05) is 6.54 Å². The van der Waals surface area contributed by atoms with Crippen LogP contribution in [0.5, 0.6) is 0 Å². The van der Waals surface area contributed by atoms with Gasteiger partial charge in [-0.1, -0.05) is 36.7 Å². The minimum atomic E-state index is -0.198. The molecule has 0 saturated heterocycles. The highest BCUT2D eigenvalue weighted by Crippen LogP contribution is 2.24. The molecule has 0 heterocycles. The normalized spacial score (nSPS) is 12.4. The maximum absolute atomic E-state index is 13.0. The number of halogens is 2. The van der Waals surface area contributed by atoms with Crippen molar-refractivity contribution in [3.05, 3.63) is 70.0 Å². The second-order valence-electron chi connectivity index (χ2n) is 4.94. The standard InChI is InChI=1S/C17H19ClFN/c1-3-20-17(11-13-4-7-15(19)8-5-13)16-9-6-14(18)10-12(16)2/h4-10,17,20H,3,11H2,1-2H3. The molecule has 0 saturated carbocycles. The van der Waals surface area contributed by atoms with Gasteiger partial charge in [-0.2, -0.15) is 0 Å². The Bertz CT molecular complexity index is 566. The Hall–Kier alpha value is -1.38. The maximum Gasteiger partial charge on any atom is 0.123 e. The van der Waals surface area contributed by atoms with E-state index in [9.17, 15) is 4.39 Å². The number of hydrogen-bond acceptors (Lipinski definition) is 1. The van der Waals surface area contributed by atoms with Crippen molar-refractivity contribution in [2.24, 2.45) is 0 Å². The average Bonchev–Trinajstić information content (AvgIpc) is 2.41. The zero-order chi connectivity index (χ0) is 14.5. The van der Waals surface area contributed by atoms with E-state index in [-0.39, 0.29) is 11.9 Å². The molecule has 1 nitrogen and oxygen atoms in total. The first kappa shape index (κ1) is 15.0. The van der Waals surface area contributed by atoms with E-state index in [0.717, 1.165) is 23.6 Å². The Kier molecular flexibility index (Phi) is 5.16. The lowest BCUT2D eigenvalue weighted by molar-refractivity contribution is 0.546. The minimum absolute atomic E-state index is 0.198. The summed E-state index contributed by atoms with van der Waals surface area (Å²) in [4.78, 5) is 0. The molecule has 2 rings (SSSR count). The maximum atomic E-state index is 13.0. The van der Waals surface area contributed by atoms with Gasteiger partial charge < -0.3 is 5.32 Å². The third-order valence-electron chi connectivity index (χ3n) is 3.41. The molecule has 0 aromatic heterocycles. The SMILES string of the molecule is CCNC(Cc1ccc(F)cc1)c1ccc(Cl)cc1C. The van der Waals surface area contributed by atoms with Gasteiger partial charge >= 0.3 is 0 Å². The molecule has 1 N–H and O–H groups in total. The summed E-state index contributed by atoms with van der Waals surface area (Å²) >= 11 is 6.01. The molecule has 0 fully saturated rings. The number of benzene rings is 2. The molecule has 0 aliphatic carbocycles. The number of likely N-dealkylation sites (N-methyl/N-ethyl adjacent to an activating group) is 1. The van der Waals surface area contributed by atoms with E-state index >= 15 is 0 Å². The topological polar surface area (TPSA) is 12.0 Å². The van der Waals surface area contributed by atoms with Crippen LogP contribution in [-0.2, 0) is 6.42 Å². The minimum Gasteiger partial charge on any atom is -0.310 e. The van der Waals surface area contributed by atoms with Crippen LogP contribution < -0.4 is 5.32 Å². The summed E-state index contributed by atoms with van der Waals surface area (Å²) in [5.41, 5.74) is 3.53. The number of hydrogen-bond donors (Lipinski definition) is 1. The molecule has 0 aliphatic heterocycles. The van der Waals surface area contributed by atoms with Crippen LogP contribution in [-0.4, -0.2) is 6.54 Å². The zero-order valence-electron chi connectivity index (χ0n) is 11.8. The van der Waals surface area contributed by atoms with Gasteiger partial charge in [0.1, 0.15) is 5.82 Å². The van der Waals surface area contributed by atoms with E-state index in [0.29, 0.717) is 0 Å². The van der Waals surface area contributed by atoms with Crippen LogP contribution in [0.3, 0.4) is 0 Å². The van der Waals surface area contributed by atoms with Gasteiger partial charge in [-0.3, -0.25) is 0 Å². The molecule has 0 aliphatic rings. The highest BCUT2D eigenvalue weighted by Gasteiger charge is 2.13. The Morgan fingerprint density at radius 3 is 2.45 bits per heavy atom. The first-order valence-corrected chi connectivity index (χ1v) is 7.22. The van der Waals surface area contributed by atoms with Crippen molar-refractivity contribution in [2.45, 2.75) is 26.3 Å². The van der Waals surface area contributed by atoms with Gasteiger partial charge in [-0.25, -0.2) is 4.39 Å². The number of aryl methyl sites for hydroxylation is 1. The van der Waals surface area contributed by atoms with E-state index in [1.54, 1.807) is 0 Å². The Balaban J connectivity index is 2.24. The highest BCUT2D eigenvalue weighted by molar-refractivity contribution is 6.30. The monoisotopic (exact) mass is 291 g/mol. The molecule has 0 spiro atoms. The Labute approximate surface area is 124 Å². The third kappa shape index (κ3) is 3.81. The number of rotatable bonds is 5. The molecule has 0 bridgehead atoms. The summed E-state index contributed by atoms with van der Waals surface area (Å²) in [6.45, 7) is 5.03. The van der Waals surface area contributed by atoms with Crippen LogP contribution in [0.2, 0.25) is 5.02 Å². The van der Waals surface area contributed by atoms with Gasteiger partial charge in [0, 0.05) is 11.1 Å². The molecular weight excluding hydrogens is 273 g/mol. The Morgan fingerprint density at radius 2 is 1.85 bits per heavy atom. The van der Waals surface area contributed by atoms with Gasteiger partial charge in [0.05, 0.1) is 0 Å². The van der Waals surface area contributed by atoms with Crippen LogP contribution in [0, 0.1) is 12.7 Å². The summed E-state index contributed by atoms with van der Waals surface area (Å²) < 4.78 is 13.0. The molecule has 0 radical (unpaired) electrons. The molecule has 2 aromatic rings. The predicted octanol–water partition coefficient (Wildman–Crippen LogP) is 4.68.